The third-order valence-electron chi connectivity index (χ3n) is 27.0. The Balaban J connectivity index is 0.000000182. The molecule has 24 atom stereocenters. The molecule has 10 fully saturated rings. The Labute approximate surface area is 452 Å². The summed E-state index contributed by atoms with van der Waals surface area (Å²) in [6, 6.07) is 0. The highest BCUT2D eigenvalue weighted by molar-refractivity contribution is 8.16. The largest absolute Gasteiger partial charge is 0.396 e. The predicted octanol–water partition coefficient (Wildman–Crippen LogP) is 12.6. The van der Waals surface area contributed by atoms with E-state index in [0.717, 1.165) is 121 Å². The maximum Gasteiger partial charge on any atom is 0.209 e. The molecule has 2 radical (unpaired) electrons. The Kier molecular flexibility index (Phi) is 14.5. The van der Waals surface area contributed by atoms with Crippen LogP contribution in [0.5, 0.6) is 0 Å². The van der Waals surface area contributed by atoms with Crippen LogP contribution >= 0.6 is 23.8 Å². The molecule has 0 aromatic rings. The lowest BCUT2D eigenvalue weighted by molar-refractivity contribution is -0.239. The second-order valence-corrected chi connectivity index (χ2v) is 30.3. The quantitative estimate of drug-likeness (QED) is 0.0658. The summed E-state index contributed by atoms with van der Waals surface area (Å²) >= 11 is 2.32. The van der Waals surface area contributed by atoms with Crippen molar-refractivity contribution in [3.05, 3.63) is 23.3 Å². The maximum atomic E-state index is 12.1. The standard InChI is InChI=1S/C31H52BO3S.C30H50BO4S/c1-8-30(13-9-10-19(2)3)18-31(30)24-16-22(33)26-27(5)14-12-23(35-36-32)20(4)21(27)11-15-28(26,6)29(24,7)17-25(31)34;1-18(2)8-7-11-29(17-32)16-30(29)23-14-21(33)25-26(4)12-10-22(35-36-31)19(3)20(26)9-13-27(25,5)28(23,6)15-24(30)34/h10,20-26,32-34H,8-9,11-18H2,1-7H3;8,19-25,31-34H,7,9-17H2,1-6H3/t20?,21?,22?,23?,24?,25-,26?,27-,28?,29-,30?,31?;19?,20?,21?,22?,23?,24-,25?,26-,27?,28-,29?,30?/m00/s1/i32T;31T. The molecule has 406 valence electrons. The highest BCUT2D eigenvalue weighted by Crippen LogP contribution is 2.87. The third kappa shape index (κ3) is 7.71. The molecule has 10 aliphatic rings. The van der Waals surface area contributed by atoms with Crippen LogP contribution in [0.25, 0.3) is 0 Å². The summed E-state index contributed by atoms with van der Waals surface area (Å²) in [7, 11) is 2.56. The SMILES string of the molecule is [3H][B]SOC1CC[C@@]2(C)C(CCC3(C)C2C(O)CC2C4(CC4(CC)CCC=C(C)C)[C@@H](O)C[C@@]23C)C1C.[3H][B]SOC1CC[C@@]2(C)C(CCC3(C)C2C(O)CC2C4(CC4(CO)CCC=C(C)C)[C@@H](O)C[C@@]23C)C1C. The molecule has 0 bridgehead atoms. The van der Waals surface area contributed by atoms with Crippen LogP contribution in [0.3, 0.4) is 0 Å². The molecule has 11 heteroatoms. The topological polar surface area (TPSA) is 120 Å². The number of hydrogen-bond acceptors (Lipinski definition) is 9. The fourth-order valence-corrected chi connectivity index (χ4v) is 24.2. The zero-order valence-electron chi connectivity index (χ0n) is 49.4. The van der Waals surface area contributed by atoms with Crippen LogP contribution in [0.4, 0.5) is 0 Å². The van der Waals surface area contributed by atoms with Gasteiger partial charge in [0.15, 0.2) is 0 Å². The zero-order valence-corrected chi connectivity index (χ0v) is 49.0. The van der Waals surface area contributed by atoms with E-state index in [1.54, 1.807) is 0 Å². The molecule has 7 nitrogen and oxygen atoms in total. The van der Waals surface area contributed by atoms with Crippen LogP contribution in [0.15, 0.2) is 23.3 Å². The van der Waals surface area contributed by atoms with Crippen LogP contribution in [-0.2, 0) is 8.37 Å². The number of fused-ring (bicyclic) bond motifs is 12. The third-order valence-corrected chi connectivity index (χ3v) is 27.7. The molecule has 0 aliphatic heterocycles. The minimum absolute atomic E-state index is 0.0124. The Morgan fingerprint density at radius 3 is 1.40 bits per heavy atom. The Morgan fingerprint density at radius 1 is 0.611 bits per heavy atom. The zero-order chi connectivity index (χ0) is 54.0. The molecule has 10 aliphatic carbocycles. The van der Waals surface area contributed by atoms with E-state index in [-0.39, 0.29) is 109 Å². The van der Waals surface area contributed by atoms with Gasteiger partial charge in [0.25, 0.3) is 0 Å². The first-order chi connectivity index (χ1) is 34.7. The van der Waals surface area contributed by atoms with Gasteiger partial charge in [-0.1, -0.05) is 109 Å². The van der Waals surface area contributed by atoms with Crippen molar-refractivity contribution < 1.29 is 33.9 Å². The first kappa shape index (κ1) is 54.0. The first-order valence-corrected chi connectivity index (χ1v) is 31.0. The van der Waals surface area contributed by atoms with Gasteiger partial charge in [0.1, 0.15) is 0 Å². The second-order valence-electron chi connectivity index (χ2n) is 29.5. The highest BCUT2D eigenvalue weighted by Gasteiger charge is 2.84. The lowest BCUT2D eigenvalue weighted by Crippen LogP contribution is -2.66. The minimum Gasteiger partial charge on any atom is -0.396 e. The molecule has 5 N–H and O–H groups in total. The van der Waals surface area contributed by atoms with Gasteiger partial charge in [0, 0.05) is 22.9 Å². The molecule has 18 unspecified atom stereocenters. The van der Waals surface area contributed by atoms with Crippen molar-refractivity contribution >= 4 is 38.0 Å². The van der Waals surface area contributed by atoms with E-state index in [0.29, 0.717) is 29.6 Å². The Hall–Kier alpha value is 0.0299. The van der Waals surface area contributed by atoms with Gasteiger partial charge < -0.3 is 33.9 Å². The van der Waals surface area contributed by atoms with Crippen LogP contribution < -0.4 is 0 Å². The van der Waals surface area contributed by atoms with Gasteiger partial charge in [-0.3, -0.25) is 0 Å². The van der Waals surface area contributed by atoms with E-state index in [4.69, 9.17) is 11.0 Å². The van der Waals surface area contributed by atoms with E-state index in [1.165, 1.54) is 50.1 Å². The van der Waals surface area contributed by atoms with Gasteiger partial charge in [0.2, 0.25) is 14.2 Å². The smallest absolute Gasteiger partial charge is 0.209 e. The van der Waals surface area contributed by atoms with Gasteiger partial charge >= 0.3 is 0 Å². The molecule has 0 aromatic heterocycles. The molecule has 0 aromatic carbocycles. The fraction of sp³-hybridized carbons (Fsp3) is 0.934. The van der Waals surface area contributed by atoms with E-state index < -0.39 is 6.10 Å². The van der Waals surface area contributed by atoms with Gasteiger partial charge in [-0.15, -0.1) is 0 Å². The summed E-state index contributed by atoms with van der Waals surface area (Å²) in [6.45, 7) is 30.6. The number of hydrogen-bond donors (Lipinski definition) is 5. The van der Waals surface area contributed by atoms with Crippen molar-refractivity contribution in [2.45, 2.75) is 249 Å². The van der Waals surface area contributed by atoms with E-state index in [9.17, 15) is 25.5 Å². The molecule has 0 heterocycles. The molecule has 72 heavy (non-hydrogen) atoms. The van der Waals surface area contributed by atoms with E-state index in [1.807, 2.05) is 0 Å². The lowest BCUT2D eigenvalue weighted by atomic mass is 9.36. The molecule has 10 rings (SSSR count). The van der Waals surface area contributed by atoms with E-state index in [2.05, 4.69) is 102 Å². The molecule has 10 saturated carbocycles. The summed E-state index contributed by atoms with van der Waals surface area (Å²) < 4.78 is 26.8. The van der Waals surface area contributed by atoms with Crippen molar-refractivity contribution in [3.63, 3.8) is 0 Å². The van der Waals surface area contributed by atoms with Crippen molar-refractivity contribution in [1.29, 1.82) is 2.67 Å². The fourth-order valence-electron chi connectivity index (χ4n) is 23.4. The molecule has 0 saturated heterocycles. The van der Waals surface area contributed by atoms with Gasteiger partial charge in [0.05, 0.1) is 36.6 Å². The molecule has 2 spiro atoms. The normalized spacial score (nSPS) is 55.8. The highest BCUT2D eigenvalue weighted by atomic mass is 32.2. The number of allylic oxidation sites excluding steroid dienone is 4. The summed E-state index contributed by atoms with van der Waals surface area (Å²) in [5.41, 5.74) is 2.54. The Morgan fingerprint density at radius 2 is 1.01 bits per heavy atom. The van der Waals surface area contributed by atoms with Crippen LogP contribution in [0.2, 0.25) is 0 Å². The van der Waals surface area contributed by atoms with Crippen molar-refractivity contribution in [2.75, 3.05) is 6.61 Å². The molecule has 0 amide bonds. The van der Waals surface area contributed by atoms with Crippen LogP contribution in [-0.4, -0.2) is 85.6 Å². The van der Waals surface area contributed by atoms with E-state index >= 15 is 0 Å². The minimum atomic E-state index is -0.407. The molecular weight excluding hydrogens is 930 g/mol. The number of aliphatic hydroxyl groups excluding tert-OH is 5. The average molecular weight is 1040 g/mol. The van der Waals surface area contributed by atoms with Crippen molar-refractivity contribution in [3.8, 4) is 0 Å². The first-order valence-electron chi connectivity index (χ1n) is 30.5. The van der Waals surface area contributed by atoms with Gasteiger partial charge in [-0.25, -0.2) is 0 Å². The monoisotopic (exact) mass is 1040 g/mol. The molecular formula is C61H102B2O7S2. The summed E-state index contributed by atoms with van der Waals surface area (Å²) in [5, 5.41) is 58.5. The van der Waals surface area contributed by atoms with Gasteiger partial charge in [-0.2, -0.15) is 0 Å². The summed E-state index contributed by atoms with van der Waals surface area (Å²) in [6.07, 6.45) is 22.9. The van der Waals surface area contributed by atoms with Crippen molar-refractivity contribution in [2.24, 2.45) is 101 Å². The number of rotatable bonds is 14. The summed E-state index contributed by atoms with van der Waals surface area (Å²) in [5.74, 6) is 2.97. The summed E-state index contributed by atoms with van der Waals surface area (Å²) in [4.78, 5) is 0. The van der Waals surface area contributed by atoms with Crippen molar-refractivity contribution in [1.82, 2.24) is 0 Å². The Bertz CT molecular complexity index is 1970. The van der Waals surface area contributed by atoms with Crippen LogP contribution in [0.1, 0.15) is 212 Å². The average Bonchev–Trinajstić information content (AvgIpc) is 4.16. The number of aliphatic hydroxyl groups is 5. The maximum absolute atomic E-state index is 12.1. The predicted molar refractivity (Wildman–Crippen MR) is 300 cm³/mol. The van der Waals surface area contributed by atoms with Crippen LogP contribution in [0, 0.1) is 101 Å². The lowest BCUT2D eigenvalue weighted by Gasteiger charge is -2.69. The second kappa shape index (κ2) is 19.4. The van der Waals surface area contributed by atoms with Gasteiger partial charge in [-0.05, 0) is 238 Å².